The summed E-state index contributed by atoms with van der Waals surface area (Å²) in [5.74, 6) is -0.833. The molecular formula is C29H34FN3O6S. The summed E-state index contributed by atoms with van der Waals surface area (Å²) in [6.07, 6.45) is 1.17. The lowest BCUT2D eigenvalue weighted by Gasteiger charge is -2.33. The molecule has 0 aliphatic rings. The molecule has 3 aromatic carbocycles. The van der Waals surface area contributed by atoms with Gasteiger partial charge in [0.15, 0.2) is 0 Å². The molecule has 11 heteroatoms. The number of hydrogen-bond donors (Lipinski definition) is 1. The molecule has 0 saturated carbocycles. The lowest BCUT2D eigenvalue weighted by atomic mass is 10.0. The molecule has 0 unspecified atom stereocenters. The standard InChI is InChI=1S/C29H34FN3O6S/c1-5-31-29(35)26(17-21-9-7-6-8-10-21)32(19-22-11-13-23(30)14-12-22)28(34)20-33(40(4,36)37)25-16-15-24(38-2)18-27(25)39-3/h6-16,18,26H,5,17,19-20H2,1-4H3,(H,31,35)/t26-/m1/s1. The number of nitrogens with zero attached hydrogens (tertiary/aromatic N) is 2. The van der Waals surface area contributed by atoms with Crippen LogP contribution in [0, 0.1) is 5.82 Å². The van der Waals surface area contributed by atoms with Crippen molar-refractivity contribution in [2.75, 3.05) is 37.9 Å². The van der Waals surface area contributed by atoms with Crippen LogP contribution in [0.2, 0.25) is 0 Å². The second-order valence-electron chi connectivity index (χ2n) is 9.06. The number of sulfonamides is 1. The summed E-state index contributed by atoms with van der Waals surface area (Å²) in [4.78, 5) is 28.7. The highest BCUT2D eigenvalue weighted by molar-refractivity contribution is 7.92. The van der Waals surface area contributed by atoms with Crippen LogP contribution in [0.1, 0.15) is 18.1 Å². The van der Waals surface area contributed by atoms with Gasteiger partial charge in [-0.2, -0.15) is 0 Å². The van der Waals surface area contributed by atoms with Crippen molar-refractivity contribution in [3.8, 4) is 11.5 Å². The van der Waals surface area contributed by atoms with Crippen LogP contribution in [0.5, 0.6) is 11.5 Å². The average molecular weight is 572 g/mol. The van der Waals surface area contributed by atoms with E-state index in [1.165, 1.54) is 55.5 Å². The van der Waals surface area contributed by atoms with Gasteiger partial charge in [-0.3, -0.25) is 13.9 Å². The van der Waals surface area contributed by atoms with Gasteiger partial charge in [0.25, 0.3) is 0 Å². The molecule has 0 aromatic heterocycles. The molecule has 0 saturated heterocycles. The first-order valence-corrected chi connectivity index (χ1v) is 14.5. The van der Waals surface area contributed by atoms with E-state index in [1.54, 1.807) is 13.0 Å². The zero-order valence-electron chi connectivity index (χ0n) is 23.0. The van der Waals surface area contributed by atoms with Crippen LogP contribution in [0.25, 0.3) is 0 Å². The van der Waals surface area contributed by atoms with Gasteiger partial charge < -0.3 is 19.7 Å². The van der Waals surface area contributed by atoms with Crippen LogP contribution in [-0.4, -0.2) is 64.7 Å². The maximum absolute atomic E-state index is 14.0. The molecule has 0 heterocycles. The number of nitrogens with one attached hydrogen (secondary N) is 1. The monoisotopic (exact) mass is 571 g/mol. The maximum atomic E-state index is 14.0. The normalized spacial score (nSPS) is 11.8. The molecule has 3 rings (SSSR count). The highest BCUT2D eigenvalue weighted by atomic mass is 32.2. The summed E-state index contributed by atoms with van der Waals surface area (Å²) in [7, 11) is -1.13. The predicted molar refractivity (Wildman–Crippen MR) is 151 cm³/mol. The number of methoxy groups -OCH3 is 2. The van der Waals surface area contributed by atoms with E-state index in [4.69, 9.17) is 9.47 Å². The van der Waals surface area contributed by atoms with Crippen molar-refractivity contribution in [3.63, 3.8) is 0 Å². The first-order chi connectivity index (χ1) is 19.1. The van der Waals surface area contributed by atoms with E-state index in [9.17, 15) is 22.4 Å². The van der Waals surface area contributed by atoms with Crippen molar-refractivity contribution in [1.82, 2.24) is 10.2 Å². The Morgan fingerprint density at radius 1 is 0.950 bits per heavy atom. The minimum atomic E-state index is -3.98. The Balaban J connectivity index is 2.07. The number of carbonyl (C=O) groups excluding carboxylic acids is 2. The van der Waals surface area contributed by atoms with Crippen LogP contribution in [0.3, 0.4) is 0 Å². The van der Waals surface area contributed by atoms with Crippen molar-refractivity contribution in [1.29, 1.82) is 0 Å². The van der Waals surface area contributed by atoms with E-state index >= 15 is 0 Å². The lowest BCUT2D eigenvalue weighted by Crippen LogP contribution is -2.53. The number of likely N-dealkylation sites (N-methyl/N-ethyl adjacent to an activating group) is 1. The Morgan fingerprint density at radius 3 is 2.20 bits per heavy atom. The third-order valence-electron chi connectivity index (χ3n) is 6.22. The molecule has 9 nitrogen and oxygen atoms in total. The van der Waals surface area contributed by atoms with E-state index in [0.29, 0.717) is 17.9 Å². The number of hydrogen-bond acceptors (Lipinski definition) is 6. The SMILES string of the molecule is CCNC(=O)[C@@H](Cc1ccccc1)N(Cc1ccc(F)cc1)C(=O)CN(c1ccc(OC)cc1OC)S(C)(=O)=O. The van der Waals surface area contributed by atoms with E-state index < -0.39 is 40.2 Å². The Bertz CT molecular complexity index is 1400. The van der Waals surface area contributed by atoms with E-state index in [2.05, 4.69) is 5.32 Å². The molecule has 0 bridgehead atoms. The fourth-order valence-corrected chi connectivity index (χ4v) is 5.07. The minimum absolute atomic E-state index is 0.0505. The summed E-state index contributed by atoms with van der Waals surface area (Å²) in [6, 6.07) is 18.4. The fraction of sp³-hybridized carbons (Fsp3) is 0.310. The molecule has 3 aromatic rings. The highest BCUT2D eigenvalue weighted by Crippen LogP contribution is 2.33. The van der Waals surface area contributed by atoms with Crippen LogP contribution < -0.4 is 19.1 Å². The highest BCUT2D eigenvalue weighted by Gasteiger charge is 2.33. The molecule has 0 aliphatic heterocycles. The third kappa shape index (κ3) is 7.95. The smallest absolute Gasteiger partial charge is 0.244 e. The molecule has 1 N–H and O–H groups in total. The van der Waals surface area contributed by atoms with Crippen molar-refractivity contribution in [2.45, 2.75) is 25.9 Å². The summed E-state index contributed by atoms with van der Waals surface area (Å²) >= 11 is 0. The molecule has 0 radical (unpaired) electrons. The number of rotatable bonds is 13. The largest absolute Gasteiger partial charge is 0.497 e. The molecular weight excluding hydrogens is 537 g/mol. The molecule has 40 heavy (non-hydrogen) atoms. The van der Waals surface area contributed by atoms with Gasteiger partial charge in [0.2, 0.25) is 21.8 Å². The second kappa shape index (κ2) is 13.8. The average Bonchev–Trinajstić information content (AvgIpc) is 2.94. The zero-order chi connectivity index (χ0) is 29.3. The summed E-state index contributed by atoms with van der Waals surface area (Å²) < 4.78 is 51.1. The summed E-state index contributed by atoms with van der Waals surface area (Å²) in [5, 5.41) is 2.78. The van der Waals surface area contributed by atoms with Gasteiger partial charge in [-0.1, -0.05) is 42.5 Å². The summed E-state index contributed by atoms with van der Waals surface area (Å²) in [6.45, 7) is 1.45. The van der Waals surface area contributed by atoms with Crippen LogP contribution in [-0.2, 0) is 32.6 Å². The number of amides is 2. The van der Waals surface area contributed by atoms with Crippen molar-refractivity contribution in [3.05, 3.63) is 89.7 Å². The molecule has 214 valence electrons. The first-order valence-electron chi connectivity index (χ1n) is 12.6. The van der Waals surface area contributed by atoms with Gasteiger partial charge in [-0.15, -0.1) is 0 Å². The molecule has 0 fully saturated rings. The summed E-state index contributed by atoms with van der Waals surface area (Å²) in [5.41, 5.74) is 1.52. The number of carbonyl (C=O) groups is 2. The Hall–Kier alpha value is -4.12. The number of ether oxygens (including phenoxy) is 2. The van der Waals surface area contributed by atoms with Crippen LogP contribution >= 0.6 is 0 Å². The van der Waals surface area contributed by atoms with Crippen LogP contribution in [0.15, 0.2) is 72.8 Å². The van der Waals surface area contributed by atoms with Crippen LogP contribution in [0.4, 0.5) is 10.1 Å². The predicted octanol–water partition coefficient (Wildman–Crippen LogP) is 3.39. The molecule has 1 atom stereocenters. The van der Waals surface area contributed by atoms with Gasteiger partial charge in [0.05, 0.1) is 26.2 Å². The molecule has 0 spiro atoms. The number of anilines is 1. The third-order valence-corrected chi connectivity index (χ3v) is 7.35. The minimum Gasteiger partial charge on any atom is -0.497 e. The second-order valence-corrected chi connectivity index (χ2v) is 11.0. The Kier molecular flexibility index (Phi) is 10.5. The zero-order valence-corrected chi connectivity index (χ0v) is 23.8. The fourth-order valence-electron chi connectivity index (χ4n) is 4.22. The van der Waals surface area contributed by atoms with Gasteiger partial charge in [0.1, 0.15) is 29.9 Å². The Labute approximate surface area is 234 Å². The van der Waals surface area contributed by atoms with Gasteiger partial charge >= 0.3 is 0 Å². The molecule has 0 aliphatic carbocycles. The van der Waals surface area contributed by atoms with Crippen molar-refractivity contribution in [2.24, 2.45) is 0 Å². The number of benzene rings is 3. The van der Waals surface area contributed by atoms with Crippen molar-refractivity contribution < 1.29 is 31.9 Å². The van der Waals surface area contributed by atoms with Gasteiger partial charge in [-0.05, 0) is 42.3 Å². The first kappa shape index (κ1) is 30.4. The van der Waals surface area contributed by atoms with E-state index in [0.717, 1.165) is 16.1 Å². The maximum Gasteiger partial charge on any atom is 0.244 e. The number of halogens is 1. The molecule has 2 amide bonds. The van der Waals surface area contributed by atoms with Gasteiger partial charge in [0, 0.05) is 25.6 Å². The van der Waals surface area contributed by atoms with E-state index in [1.807, 2.05) is 30.3 Å². The van der Waals surface area contributed by atoms with E-state index in [-0.39, 0.29) is 24.4 Å². The van der Waals surface area contributed by atoms with Crippen molar-refractivity contribution >= 4 is 27.5 Å². The quantitative estimate of drug-likeness (QED) is 0.337. The topological polar surface area (TPSA) is 105 Å². The van der Waals surface area contributed by atoms with Gasteiger partial charge in [-0.25, -0.2) is 12.8 Å². The Morgan fingerprint density at radius 2 is 1.62 bits per heavy atom. The lowest BCUT2D eigenvalue weighted by molar-refractivity contribution is -0.140.